The molecule has 0 spiro atoms. The average Bonchev–Trinajstić information content (AvgIpc) is 3.14. The highest BCUT2D eigenvalue weighted by atomic mass is 14.9. The van der Waals surface area contributed by atoms with Gasteiger partial charge in [-0.2, -0.15) is 0 Å². The largest absolute Gasteiger partial charge is 0.264 e. The van der Waals surface area contributed by atoms with E-state index in [-0.39, 0.29) is 0 Å². The van der Waals surface area contributed by atoms with E-state index in [1.807, 2.05) is 54.8 Å². The zero-order valence-electron chi connectivity index (χ0n) is 25.3. The van der Waals surface area contributed by atoms with Crippen LogP contribution in [-0.4, -0.2) is 15.0 Å². The Hall–Kier alpha value is -6.19. The van der Waals surface area contributed by atoms with Gasteiger partial charge in [-0.1, -0.05) is 146 Å². The molecule has 3 heteroatoms. The van der Waals surface area contributed by atoms with E-state index < -0.39 is 0 Å². The topological polar surface area (TPSA) is 38.7 Å². The molecule has 0 saturated carbocycles. The predicted molar refractivity (Wildman–Crippen MR) is 193 cm³/mol. The molecule has 0 bridgehead atoms. The SMILES string of the molecule is C=C/C(=C\C=C\c1cccnc1)c1cc(-c2cccc(-c3ccccc3)c2)nc(-c2ccc(-c3ccc4ccccc4c3)cc2)n1. The second-order valence-electron chi connectivity index (χ2n) is 11.0. The molecule has 0 aliphatic heterocycles. The maximum absolute atomic E-state index is 5.10. The summed E-state index contributed by atoms with van der Waals surface area (Å²) < 4.78 is 0. The van der Waals surface area contributed by atoms with E-state index in [0.29, 0.717) is 5.82 Å². The highest BCUT2D eigenvalue weighted by Gasteiger charge is 2.12. The molecule has 0 N–H and O–H groups in total. The minimum Gasteiger partial charge on any atom is -0.264 e. The molecule has 0 saturated heterocycles. The van der Waals surface area contributed by atoms with E-state index >= 15 is 0 Å². The standard InChI is InChI=1S/C43H31N3/c1-2-32(17-8-11-31-12-10-26-44-30-31)41-29-42(40-19-9-18-38(28-40)33-13-4-3-5-14-33)46-43(45-41)36-23-20-35(21-24-36)39-25-22-34-15-6-7-16-37(34)27-39/h2-30H,1H2/b11-8+,32-17+. The van der Waals surface area contributed by atoms with Crippen LogP contribution in [0.1, 0.15) is 11.3 Å². The molecule has 2 heterocycles. The first-order chi connectivity index (χ1) is 22.7. The van der Waals surface area contributed by atoms with Crippen LogP contribution in [0.5, 0.6) is 0 Å². The highest BCUT2D eigenvalue weighted by Crippen LogP contribution is 2.31. The molecular formula is C43H31N3. The van der Waals surface area contributed by atoms with Crippen LogP contribution in [0.15, 0.2) is 177 Å². The third kappa shape index (κ3) is 6.35. The maximum Gasteiger partial charge on any atom is 0.160 e. The Labute approximate surface area is 269 Å². The van der Waals surface area contributed by atoms with Crippen molar-refractivity contribution in [1.82, 2.24) is 15.0 Å². The number of allylic oxidation sites excluding steroid dienone is 4. The monoisotopic (exact) mass is 589 g/mol. The quantitative estimate of drug-likeness (QED) is 0.166. The first-order valence-corrected chi connectivity index (χ1v) is 15.3. The fourth-order valence-corrected chi connectivity index (χ4v) is 5.54. The van der Waals surface area contributed by atoms with Crippen LogP contribution in [0.25, 0.3) is 67.3 Å². The van der Waals surface area contributed by atoms with E-state index in [9.17, 15) is 0 Å². The Kier molecular flexibility index (Phi) is 8.20. The van der Waals surface area contributed by atoms with Crippen molar-refractivity contribution in [2.75, 3.05) is 0 Å². The lowest BCUT2D eigenvalue weighted by atomic mass is 9.99. The summed E-state index contributed by atoms with van der Waals surface area (Å²) in [6, 6.07) is 48.4. The lowest BCUT2D eigenvalue weighted by Gasteiger charge is -2.11. The van der Waals surface area contributed by atoms with Gasteiger partial charge in [-0.05, 0) is 68.4 Å². The third-order valence-electron chi connectivity index (χ3n) is 7.98. The van der Waals surface area contributed by atoms with Gasteiger partial charge < -0.3 is 0 Å². The van der Waals surface area contributed by atoms with Gasteiger partial charge in [-0.3, -0.25) is 4.98 Å². The molecule has 0 amide bonds. The first-order valence-electron chi connectivity index (χ1n) is 15.3. The van der Waals surface area contributed by atoms with Crippen molar-refractivity contribution in [3.05, 3.63) is 188 Å². The fraction of sp³-hybridized carbons (Fsp3) is 0. The van der Waals surface area contributed by atoms with Gasteiger partial charge in [0.25, 0.3) is 0 Å². The van der Waals surface area contributed by atoms with Crippen molar-refractivity contribution >= 4 is 22.4 Å². The number of pyridine rings is 1. The van der Waals surface area contributed by atoms with Gasteiger partial charge in [0.1, 0.15) is 0 Å². The predicted octanol–water partition coefficient (Wildman–Crippen LogP) is 11.0. The maximum atomic E-state index is 5.10. The summed E-state index contributed by atoms with van der Waals surface area (Å²) in [7, 11) is 0. The Morgan fingerprint density at radius 1 is 0.543 bits per heavy atom. The van der Waals surface area contributed by atoms with Gasteiger partial charge >= 0.3 is 0 Å². The number of aromatic nitrogens is 3. The zero-order chi connectivity index (χ0) is 31.1. The molecule has 0 atom stereocenters. The summed E-state index contributed by atoms with van der Waals surface area (Å²) in [5, 5.41) is 2.46. The average molecular weight is 590 g/mol. The van der Waals surface area contributed by atoms with Gasteiger partial charge in [0.15, 0.2) is 5.82 Å². The molecule has 0 unspecified atom stereocenters. The van der Waals surface area contributed by atoms with E-state index in [1.54, 1.807) is 6.20 Å². The van der Waals surface area contributed by atoms with Gasteiger partial charge in [0, 0.05) is 23.5 Å². The van der Waals surface area contributed by atoms with Crippen molar-refractivity contribution in [3.8, 4) is 44.9 Å². The van der Waals surface area contributed by atoms with Crippen molar-refractivity contribution < 1.29 is 0 Å². The first kappa shape index (κ1) is 28.6. The van der Waals surface area contributed by atoms with E-state index in [2.05, 4.69) is 127 Å². The van der Waals surface area contributed by atoms with Crippen LogP contribution < -0.4 is 0 Å². The number of fused-ring (bicyclic) bond motifs is 1. The Morgan fingerprint density at radius 2 is 1.24 bits per heavy atom. The van der Waals surface area contributed by atoms with Crippen LogP contribution in [-0.2, 0) is 0 Å². The number of hydrogen-bond acceptors (Lipinski definition) is 3. The molecule has 46 heavy (non-hydrogen) atoms. The van der Waals surface area contributed by atoms with Gasteiger partial charge in [0.2, 0.25) is 0 Å². The van der Waals surface area contributed by atoms with Crippen LogP contribution in [0.4, 0.5) is 0 Å². The Morgan fingerprint density at radius 3 is 2.04 bits per heavy atom. The molecule has 0 fully saturated rings. The van der Waals surface area contributed by atoms with Gasteiger partial charge in [-0.15, -0.1) is 0 Å². The number of hydrogen-bond donors (Lipinski definition) is 0. The molecule has 218 valence electrons. The summed E-state index contributed by atoms with van der Waals surface area (Å²) in [5.74, 6) is 0.659. The lowest BCUT2D eigenvalue weighted by molar-refractivity contribution is 1.16. The van der Waals surface area contributed by atoms with E-state index in [0.717, 1.165) is 50.3 Å². The van der Waals surface area contributed by atoms with Gasteiger partial charge in [-0.25, -0.2) is 9.97 Å². The smallest absolute Gasteiger partial charge is 0.160 e. The van der Waals surface area contributed by atoms with Crippen molar-refractivity contribution in [2.45, 2.75) is 0 Å². The second kappa shape index (κ2) is 13.2. The van der Waals surface area contributed by atoms with Crippen molar-refractivity contribution in [2.24, 2.45) is 0 Å². The van der Waals surface area contributed by atoms with Crippen LogP contribution >= 0.6 is 0 Å². The van der Waals surface area contributed by atoms with E-state index in [1.165, 1.54) is 16.3 Å². The number of nitrogens with zero attached hydrogens (tertiary/aromatic N) is 3. The van der Waals surface area contributed by atoms with Crippen LogP contribution in [0, 0.1) is 0 Å². The summed E-state index contributed by atoms with van der Waals surface area (Å²) in [4.78, 5) is 14.4. The molecule has 3 nitrogen and oxygen atoms in total. The van der Waals surface area contributed by atoms with Crippen molar-refractivity contribution in [1.29, 1.82) is 0 Å². The summed E-state index contributed by atoms with van der Waals surface area (Å²) in [6.07, 6.45) is 11.5. The molecule has 0 radical (unpaired) electrons. The highest BCUT2D eigenvalue weighted by molar-refractivity contribution is 5.87. The number of benzene rings is 5. The van der Waals surface area contributed by atoms with Gasteiger partial charge in [0.05, 0.1) is 11.4 Å². The molecule has 5 aromatic carbocycles. The minimum absolute atomic E-state index is 0.659. The fourth-order valence-electron chi connectivity index (χ4n) is 5.54. The molecule has 7 aromatic rings. The summed E-state index contributed by atoms with van der Waals surface area (Å²) in [5.41, 5.74) is 10.2. The lowest BCUT2D eigenvalue weighted by Crippen LogP contribution is -1.98. The Bertz CT molecular complexity index is 2200. The minimum atomic E-state index is 0.659. The summed E-state index contributed by atoms with van der Waals surface area (Å²) in [6.45, 7) is 4.11. The Balaban J connectivity index is 1.29. The molecular weight excluding hydrogens is 558 g/mol. The molecule has 7 rings (SSSR count). The van der Waals surface area contributed by atoms with Crippen LogP contribution in [0.3, 0.4) is 0 Å². The number of rotatable bonds is 8. The normalized spacial score (nSPS) is 11.6. The van der Waals surface area contributed by atoms with Crippen LogP contribution in [0.2, 0.25) is 0 Å². The second-order valence-corrected chi connectivity index (χ2v) is 11.0. The third-order valence-corrected chi connectivity index (χ3v) is 7.98. The summed E-state index contributed by atoms with van der Waals surface area (Å²) >= 11 is 0. The van der Waals surface area contributed by atoms with E-state index in [4.69, 9.17) is 9.97 Å². The zero-order valence-corrected chi connectivity index (χ0v) is 25.3. The molecule has 0 aliphatic carbocycles. The molecule has 2 aromatic heterocycles. The van der Waals surface area contributed by atoms with Crippen molar-refractivity contribution in [3.63, 3.8) is 0 Å². The molecule has 0 aliphatic rings.